The van der Waals surface area contributed by atoms with E-state index in [1.807, 2.05) is 0 Å². The summed E-state index contributed by atoms with van der Waals surface area (Å²) in [5.74, 6) is 3.00. The zero-order valence-electron chi connectivity index (χ0n) is 7.18. The minimum Gasteiger partial charge on any atom is -0.159 e. The molecule has 0 spiro atoms. The lowest BCUT2D eigenvalue weighted by Gasteiger charge is -2.15. The summed E-state index contributed by atoms with van der Waals surface area (Å²) in [5, 5.41) is 0.929. The average Bonchev–Trinajstić information content (AvgIpc) is 2.52. The van der Waals surface area contributed by atoms with E-state index in [1.54, 1.807) is 0 Å². The van der Waals surface area contributed by atoms with Crippen LogP contribution < -0.4 is 0 Å². The maximum Gasteiger partial charge on any atom is 0.0252 e. The van der Waals surface area contributed by atoms with Gasteiger partial charge in [0.15, 0.2) is 0 Å². The molecule has 1 aliphatic rings. The Kier molecular flexibility index (Phi) is 4.70. The Morgan fingerprint density at radius 3 is 2.91 bits per heavy atom. The highest BCUT2D eigenvalue weighted by molar-refractivity contribution is 8.00. The van der Waals surface area contributed by atoms with E-state index in [-0.39, 0.29) is 0 Å². The standard InChI is InChI=1S/C9H17ClS/c1-2-8(7-10)6-9-4-3-5-11-9/h8-9H,2-7H2,1H3. The van der Waals surface area contributed by atoms with Crippen LogP contribution in [-0.2, 0) is 0 Å². The molecule has 0 aromatic heterocycles. The van der Waals surface area contributed by atoms with Gasteiger partial charge in [-0.2, -0.15) is 11.8 Å². The van der Waals surface area contributed by atoms with Crippen LogP contribution in [0.25, 0.3) is 0 Å². The molecular formula is C9H17ClS. The molecule has 0 aromatic carbocycles. The lowest BCUT2D eigenvalue weighted by molar-refractivity contribution is 0.504. The molecule has 0 nitrogen and oxygen atoms in total. The van der Waals surface area contributed by atoms with Gasteiger partial charge in [-0.25, -0.2) is 0 Å². The first-order valence-electron chi connectivity index (χ1n) is 4.54. The summed E-state index contributed by atoms with van der Waals surface area (Å²) < 4.78 is 0. The fourth-order valence-electron chi connectivity index (χ4n) is 1.54. The second-order valence-electron chi connectivity index (χ2n) is 3.30. The Bertz CT molecular complexity index is 95.7. The molecule has 2 unspecified atom stereocenters. The van der Waals surface area contributed by atoms with Crippen LogP contribution in [0.15, 0.2) is 0 Å². The summed E-state index contributed by atoms with van der Waals surface area (Å²) in [7, 11) is 0. The van der Waals surface area contributed by atoms with Gasteiger partial charge >= 0.3 is 0 Å². The highest BCUT2D eigenvalue weighted by atomic mass is 35.5. The molecule has 11 heavy (non-hydrogen) atoms. The number of alkyl halides is 1. The summed E-state index contributed by atoms with van der Waals surface area (Å²) in [5.41, 5.74) is 0. The minimum atomic E-state index is 0.771. The van der Waals surface area contributed by atoms with E-state index in [0.717, 1.165) is 17.0 Å². The van der Waals surface area contributed by atoms with Crippen LogP contribution in [0.3, 0.4) is 0 Å². The molecule has 0 saturated carbocycles. The quantitative estimate of drug-likeness (QED) is 0.615. The largest absolute Gasteiger partial charge is 0.159 e. The lowest BCUT2D eigenvalue weighted by Crippen LogP contribution is -2.08. The number of rotatable bonds is 4. The molecule has 0 amide bonds. The third-order valence-electron chi connectivity index (χ3n) is 2.42. The minimum absolute atomic E-state index is 0.771. The molecule has 2 atom stereocenters. The predicted octanol–water partition coefficient (Wildman–Crippen LogP) is 3.54. The molecule has 1 heterocycles. The molecule has 0 bridgehead atoms. The van der Waals surface area contributed by atoms with Crippen LogP contribution in [-0.4, -0.2) is 16.9 Å². The molecule has 1 rings (SSSR count). The maximum absolute atomic E-state index is 5.84. The van der Waals surface area contributed by atoms with Crippen LogP contribution in [0.4, 0.5) is 0 Å². The first-order chi connectivity index (χ1) is 5.36. The van der Waals surface area contributed by atoms with Crippen LogP contribution in [0, 0.1) is 5.92 Å². The van der Waals surface area contributed by atoms with Crippen molar-refractivity contribution in [3.05, 3.63) is 0 Å². The van der Waals surface area contributed by atoms with E-state index in [0.29, 0.717) is 0 Å². The fraction of sp³-hybridized carbons (Fsp3) is 1.00. The maximum atomic E-state index is 5.84. The van der Waals surface area contributed by atoms with Crippen molar-refractivity contribution in [1.82, 2.24) is 0 Å². The van der Waals surface area contributed by atoms with Crippen molar-refractivity contribution in [2.24, 2.45) is 5.92 Å². The van der Waals surface area contributed by atoms with Gasteiger partial charge in [0.05, 0.1) is 0 Å². The second kappa shape index (κ2) is 5.31. The van der Waals surface area contributed by atoms with E-state index in [9.17, 15) is 0 Å². The van der Waals surface area contributed by atoms with Gasteiger partial charge in [-0.3, -0.25) is 0 Å². The third kappa shape index (κ3) is 3.25. The molecule has 1 fully saturated rings. The number of hydrogen-bond donors (Lipinski definition) is 0. The SMILES string of the molecule is CCC(CCl)CC1CCCS1. The smallest absolute Gasteiger partial charge is 0.0252 e. The van der Waals surface area contributed by atoms with Gasteiger partial charge in [-0.1, -0.05) is 13.3 Å². The van der Waals surface area contributed by atoms with Crippen LogP contribution in [0.1, 0.15) is 32.6 Å². The summed E-state index contributed by atoms with van der Waals surface area (Å²) >= 11 is 7.98. The van der Waals surface area contributed by atoms with Crippen LogP contribution in [0.2, 0.25) is 0 Å². The van der Waals surface area contributed by atoms with Crippen molar-refractivity contribution in [3.8, 4) is 0 Å². The zero-order valence-corrected chi connectivity index (χ0v) is 8.76. The second-order valence-corrected chi connectivity index (χ2v) is 5.02. The topological polar surface area (TPSA) is 0 Å². The van der Waals surface area contributed by atoms with Gasteiger partial charge in [0.1, 0.15) is 0 Å². The summed E-state index contributed by atoms with van der Waals surface area (Å²) in [6.07, 6.45) is 5.46. The average molecular weight is 193 g/mol. The molecule has 1 aliphatic heterocycles. The highest BCUT2D eigenvalue weighted by Gasteiger charge is 2.18. The van der Waals surface area contributed by atoms with E-state index in [4.69, 9.17) is 11.6 Å². The molecule has 66 valence electrons. The van der Waals surface area contributed by atoms with Gasteiger partial charge < -0.3 is 0 Å². The van der Waals surface area contributed by atoms with Crippen LogP contribution >= 0.6 is 23.4 Å². The van der Waals surface area contributed by atoms with E-state index in [2.05, 4.69) is 18.7 Å². The van der Waals surface area contributed by atoms with Crippen molar-refractivity contribution in [2.75, 3.05) is 11.6 Å². The normalized spacial score (nSPS) is 27.3. The number of hydrogen-bond acceptors (Lipinski definition) is 1. The van der Waals surface area contributed by atoms with Gasteiger partial charge in [0.2, 0.25) is 0 Å². The molecule has 0 radical (unpaired) electrons. The Labute approximate surface area is 79.1 Å². The summed E-state index contributed by atoms with van der Waals surface area (Å²) in [6, 6.07) is 0. The molecule has 2 heteroatoms. The zero-order chi connectivity index (χ0) is 8.10. The Morgan fingerprint density at radius 1 is 1.64 bits per heavy atom. The van der Waals surface area contributed by atoms with Crippen molar-refractivity contribution < 1.29 is 0 Å². The Morgan fingerprint density at radius 2 is 2.45 bits per heavy atom. The molecule has 0 aromatic rings. The van der Waals surface area contributed by atoms with E-state index >= 15 is 0 Å². The third-order valence-corrected chi connectivity index (χ3v) is 4.28. The molecule has 0 aliphatic carbocycles. The van der Waals surface area contributed by atoms with Crippen molar-refractivity contribution in [1.29, 1.82) is 0 Å². The van der Waals surface area contributed by atoms with Gasteiger partial charge in [0, 0.05) is 11.1 Å². The summed E-state index contributed by atoms with van der Waals surface area (Å²) in [6.45, 7) is 2.24. The number of thioether (sulfide) groups is 1. The van der Waals surface area contributed by atoms with Crippen LogP contribution in [0.5, 0.6) is 0 Å². The lowest BCUT2D eigenvalue weighted by atomic mass is 10.0. The van der Waals surface area contributed by atoms with E-state index in [1.165, 1.54) is 31.4 Å². The van der Waals surface area contributed by atoms with Gasteiger partial charge in [-0.05, 0) is 30.9 Å². The van der Waals surface area contributed by atoms with Gasteiger partial charge in [-0.15, -0.1) is 11.6 Å². The Hall–Kier alpha value is 0.640. The molecule has 1 saturated heterocycles. The van der Waals surface area contributed by atoms with E-state index < -0.39 is 0 Å². The number of halogens is 1. The summed E-state index contributed by atoms with van der Waals surface area (Å²) in [4.78, 5) is 0. The molecular weight excluding hydrogens is 176 g/mol. The van der Waals surface area contributed by atoms with Crippen molar-refractivity contribution >= 4 is 23.4 Å². The van der Waals surface area contributed by atoms with Crippen molar-refractivity contribution in [2.45, 2.75) is 37.9 Å². The predicted molar refractivity (Wildman–Crippen MR) is 54.6 cm³/mol. The monoisotopic (exact) mass is 192 g/mol. The Balaban J connectivity index is 2.16. The van der Waals surface area contributed by atoms with Gasteiger partial charge in [0.25, 0.3) is 0 Å². The highest BCUT2D eigenvalue weighted by Crippen LogP contribution is 2.32. The molecule has 0 N–H and O–H groups in total. The first-order valence-corrected chi connectivity index (χ1v) is 6.12. The van der Waals surface area contributed by atoms with Crippen molar-refractivity contribution in [3.63, 3.8) is 0 Å². The fourth-order valence-corrected chi connectivity index (χ4v) is 3.29. The first kappa shape index (κ1) is 9.73.